The Morgan fingerprint density at radius 1 is 0.917 bits per heavy atom. The van der Waals surface area contributed by atoms with E-state index in [1.807, 2.05) is 12.1 Å². The molecule has 24 heavy (non-hydrogen) atoms. The Bertz CT molecular complexity index is 607. The van der Waals surface area contributed by atoms with Crippen molar-refractivity contribution < 1.29 is 4.74 Å². The van der Waals surface area contributed by atoms with Crippen molar-refractivity contribution in [3.05, 3.63) is 64.7 Å². The minimum Gasteiger partial charge on any atom is -0.497 e. The molecule has 0 fully saturated rings. The molecule has 2 atom stereocenters. The number of benzene rings is 2. The predicted octanol–water partition coefficient (Wildman–Crippen LogP) is 5.83. The number of methoxy groups -OCH3 is 1. The fraction of sp³-hybridized carbons (Fsp3) is 0.429. The molecule has 1 N–H and O–H groups in total. The van der Waals surface area contributed by atoms with Crippen molar-refractivity contribution in [3.8, 4) is 5.75 Å². The summed E-state index contributed by atoms with van der Waals surface area (Å²) in [6, 6.07) is 16.9. The fourth-order valence-corrected chi connectivity index (χ4v) is 3.19. The van der Waals surface area contributed by atoms with Crippen LogP contribution in [0.3, 0.4) is 0 Å². The lowest BCUT2D eigenvalue weighted by Gasteiger charge is -2.23. The minimum atomic E-state index is 0.325. The molecule has 0 aliphatic carbocycles. The first kappa shape index (κ1) is 18.8. The van der Waals surface area contributed by atoms with Crippen LogP contribution in [0.15, 0.2) is 48.5 Å². The molecule has 0 saturated heterocycles. The van der Waals surface area contributed by atoms with Crippen LogP contribution in [0.1, 0.15) is 50.3 Å². The SMILES string of the molecule is COc1ccc([C@@H](CCN[C@H](C)c2ccc(Cl)cc2)C(C)C)cc1. The van der Waals surface area contributed by atoms with E-state index in [0.29, 0.717) is 17.9 Å². The van der Waals surface area contributed by atoms with Gasteiger partial charge in [-0.15, -0.1) is 0 Å². The van der Waals surface area contributed by atoms with Gasteiger partial charge in [0, 0.05) is 11.1 Å². The molecular formula is C21H28ClNO. The van der Waals surface area contributed by atoms with Crippen molar-refractivity contribution >= 4 is 11.6 Å². The van der Waals surface area contributed by atoms with Crippen molar-refractivity contribution in [1.82, 2.24) is 5.32 Å². The molecule has 130 valence electrons. The average Bonchev–Trinajstić information content (AvgIpc) is 2.59. The Morgan fingerprint density at radius 2 is 1.50 bits per heavy atom. The summed E-state index contributed by atoms with van der Waals surface area (Å²) in [5.41, 5.74) is 2.65. The zero-order chi connectivity index (χ0) is 17.5. The van der Waals surface area contributed by atoms with Crippen LogP contribution in [0, 0.1) is 5.92 Å². The van der Waals surface area contributed by atoms with Crippen molar-refractivity contribution in [1.29, 1.82) is 0 Å². The Labute approximate surface area is 151 Å². The second-order valence-corrected chi connectivity index (χ2v) is 7.08. The predicted molar refractivity (Wildman–Crippen MR) is 103 cm³/mol. The van der Waals surface area contributed by atoms with Gasteiger partial charge >= 0.3 is 0 Å². The minimum absolute atomic E-state index is 0.325. The quantitative estimate of drug-likeness (QED) is 0.650. The highest BCUT2D eigenvalue weighted by Gasteiger charge is 2.16. The first-order valence-electron chi connectivity index (χ1n) is 8.64. The van der Waals surface area contributed by atoms with Gasteiger partial charge in [0.05, 0.1) is 7.11 Å². The van der Waals surface area contributed by atoms with Crippen LogP contribution in [0.5, 0.6) is 5.75 Å². The van der Waals surface area contributed by atoms with Crippen LogP contribution in [0.2, 0.25) is 5.02 Å². The van der Waals surface area contributed by atoms with Crippen LogP contribution < -0.4 is 10.1 Å². The highest BCUT2D eigenvalue weighted by molar-refractivity contribution is 6.30. The molecule has 0 unspecified atom stereocenters. The lowest BCUT2D eigenvalue weighted by atomic mass is 9.85. The van der Waals surface area contributed by atoms with Gasteiger partial charge in [0.1, 0.15) is 5.75 Å². The van der Waals surface area contributed by atoms with Crippen molar-refractivity contribution in [2.75, 3.05) is 13.7 Å². The van der Waals surface area contributed by atoms with Gasteiger partial charge in [-0.2, -0.15) is 0 Å². The zero-order valence-corrected chi connectivity index (χ0v) is 15.8. The maximum Gasteiger partial charge on any atom is 0.118 e. The first-order chi connectivity index (χ1) is 11.5. The van der Waals surface area contributed by atoms with E-state index in [1.54, 1.807) is 7.11 Å². The van der Waals surface area contributed by atoms with Crippen LogP contribution in [-0.4, -0.2) is 13.7 Å². The molecule has 0 bridgehead atoms. The molecule has 2 aromatic carbocycles. The number of hydrogen-bond acceptors (Lipinski definition) is 2. The lowest BCUT2D eigenvalue weighted by molar-refractivity contribution is 0.412. The molecule has 0 aliphatic heterocycles. The molecule has 3 heteroatoms. The third-order valence-electron chi connectivity index (χ3n) is 4.62. The molecule has 0 spiro atoms. The average molecular weight is 346 g/mol. The van der Waals surface area contributed by atoms with Gasteiger partial charge in [-0.3, -0.25) is 0 Å². The Hall–Kier alpha value is -1.51. The smallest absolute Gasteiger partial charge is 0.118 e. The van der Waals surface area contributed by atoms with E-state index in [-0.39, 0.29) is 0 Å². The Morgan fingerprint density at radius 3 is 2.04 bits per heavy atom. The van der Waals surface area contributed by atoms with Crippen LogP contribution in [0.4, 0.5) is 0 Å². The lowest BCUT2D eigenvalue weighted by Crippen LogP contribution is -2.22. The summed E-state index contributed by atoms with van der Waals surface area (Å²) in [6.45, 7) is 7.76. The number of ether oxygens (including phenoxy) is 1. The van der Waals surface area contributed by atoms with Gasteiger partial charge in [0.25, 0.3) is 0 Å². The molecule has 2 nitrogen and oxygen atoms in total. The monoisotopic (exact) mass is 345 g/mol. The van der Waals surface area contributed by atoms with Crippen molar-refractivity contribution in [2.45, 2.75) is 39.2 Å². The molecule has 2 aromatic rings. The summed E-state index contributed by atoms with van der Waals surface area (Å²) in [6.07, 6.45) is 1.11. The fourth-order valence-electron chi connectivity index (χ4n) is 3.06. The van der Waals surface area contributed by atoms with Gasteiger partial charge in [-0.05, 0) is 67.1 Å². The first-order valence-corrected chi connectivity index (χ1v) is 9.02. The van der Waals surface area contributed by atoms with E-state index in [4.69, 9.17) is 16.3 Å². The molecule has 0 amide bonds. The van der Waals surface area contributed by atoms with E-state index in [1.165, 1.54) is 11.1 Å². The summed E-state index contributed by atoms with van der Waals surface area (Å²) in [5, 5.41) is 4.41. The van der Waals surface area contributed by atoms with Crippen LogP contribution >= 0.6 is 11.6 Å². The zero-order valence-electron chi connectivity index (χ0n) is 15.1. The van der Waals surface area contributed by atoms with Gasteiger partial charge in [-0.1, -0.05) is 49.7 Å². The summed E-state index contributed by atoms with van der Waals surface area (Å²) in [4.78, 5) is 0. The van der Waals surface area contributed by atoms with Crippen LogP contribution in [-0.2, 0) is 0 Å². The molecule has 0 radical (unpaired) electrons. The van der Waals surface area contributed by atoms with E-state index >= 15 is 0 Å². The van der Waals surface area contributed by atoms with Gasteiger partial charge in [0.2, 0.25) is 0 Å². The van der Waals surface area contributed by atoms with E-state index < -0.39 is 0 Å². The van der Waals surface area contributed by atoms with E-state index in [2.05, 4.69) is 62.5 Å². The second-order valence-electron chi connectivity index (χ2n) is 6.64. The van der Waals surface area contributed by atoms with Gasteiger partial charge in [-0.25, -0.2) is 0 Å². The standard InChI is InChI=1S/C21H28ClNO/c1-15(2)21(18-7-11-20(24-4)12-8-18)13-14-23-16(3)17-5-9-19(22)10-6-17/h5-12,15-16,21,23H,13-14H2,1-4H3/t16-,21+/m1/s1. The highest BCUT2D eigenvalue weighted by atomic mass is 35.5. The molecule has 0 heterocycles. The van der Waals surface area contributed by atoms with Crippen molar-refractivity contribution in [3.63, 3.8) is 0 Å². The number of hydrogen-bond donors (Lipinski definition) is 1. The van der Waals surface area contributed by atoms with E-state index in [9.17, 15) is 0 Å². The molecule has 0 saturated carbocycles. The summed E-state index contributed by atoms with van der Waals surface area (Å²) < 4.78 is 5.26. The largest absolute Gasteiger partial charge is 0.497 e. The summed E-state index contributed by atoms with van der Waals surface area (Å²) in [5.74, 6) is 2.06. The summed E-state index contributed by atoms with van der Waals surface area (Å²) in [7, 11) is 1.71. The molecule has 0 aromatic heterocycles. The Kier molecular flexibility index (Phi) is 7.14. The van der Waals surface area contributed by atoms with Crippen molar-refractivity contribution in [2.24, 2.45) is 5.92 Å². The van der Waals surface area contributed by atoms with Gasteiger partial charge in [0.15, 0.2) is 0 Å². The molecular weight excluding hydrogens is 318 g/mol. The second kappa shape index (κ2) is 9.10. The van der Waals surface area contributed by atoms with E-state index in [0.717, 1.165) is 23.7 Å². The maximum atomic E-state index is 5.96. The topological polar surface area (TPSA) is 21.3 Å². The molecule has 0 aliphatic rings. The molecule has 2 rings (SSSR count). The number of rotatable bonds is 8. The summed E-state index contributed by atoms with van der Waals surface area (Å²) >= 11 is 5.96. The van der Waals surface area contributed by atoms with Crippen LogP contribution in [0.25, 0.3) is 0 Å². The normalized spacial score (nSPS) is 13.8. The third-order valence-corrected chi connectivity index (χ3v) is 4.88. The number of nitrogens with one attached hydrogen (secondary N) is 1. The third kappa shape index (κ3) is 5.25. The highest BCUT2D eigenvalue weighted by Crippen LogP contribution is 2.29. The number of halogens is 1. The Balaban J connectivity index is 1.92. The maximum absolute atomic E-state index is 5.96. The van der Waals surface area contributed by atoms with Gasteiger partial charge < -0.3 is 10.1 Å².